The molecule has 0 rings (SSSR count). The summed E-state index contributed by atoms with van der Waals surface area (Å²) in [6.45, 7) is 6.11. The molecule has 0 aromatic rings. The van der Waals surface area contributed by atoms with Crippen LogP contribution in [0.5, 0.6) is 0 Å². The summed E-state index contributed by atoms with van der Waals surface area (Å²) in [5.74, 6) is -0.746. The lowest BCUT2D eigenvalue weighted by atomic mass is 9.97. The lowest BCUT2D eigenvalue weighted by molar-refractivity contribution is -0.132. The summed E-state index contributed by atoms with van der Waals surface area (Å²) >= 11 is 0. The van der Waals surface area contributed by atoms with Crippen molar-refractivity contribution in [3.05, 3.63) is 11.1 Å². The minimum atomic E-state index is -0.746. The highest BCUT2D eigenvalue weighted by atomic mass is 16.4. The largest absolute Gasteiger partial charge is 0.478 e. The summed E-state index contributed by atoms with van der Waals surface area (Å²) < 4.78 is 0. The van der Waals surface area contributed by atoms with E-state index in [2.05, 4.69) is 13.8 Å². The lowest BCUT2D eigenvalue weighted by Gasteiger charge is -2.09. The Kier molecular flexibility index (Phi) is 9.89. The highest BCUT2D eigenvalue weighted by Crippen LogP contribution is 2.20. The number of carbonyl (C=O) groups is 1. The van der Waals surface area contributed by atoms with Crippen LogP contribution in [0.3, 0.4) is 0 Å². The molecule has 100 valence electrons. The first-order chi connectivity index (χ1) is 8.13. The second-order valence-electron chi connectivity index (χ2n) is 4.80. The van der Waals surface area contributed by atoms with Crippen LogP contribution in [0.2, 0.25) is 0 Å². The fourth-order valence-electron chi connectivity index (χ4n) is 1.98. The van der Waals surface area contributed by atoms with Crippen LogP contribution in [0.4, 0.5) is 0 Å². The molecule has 0 saturated heterocycles. The number of allylic oxidation sites excluding steroid dienone is 1. The molecule has 0 atom stereocenters. The van der Waals surface area contributed by atoms with Gasteiger partial charge in [-0.15, -0.1) is 0 Å². The summed E-state index contributed by atoms with van der Waals surface area (Å²) in [7, 11) is 0. The number of hydrogen-bond acceptors (Lipinski definition) is 1. The molecule has 17 heavy (non-hydrogen) atoms. The minimum Gasteiger partial charge on any atom is -0.478 e. The molecule has 2 heteroatoms. The van der Waals surface area contributed by atoms with Crippen LogP contribution < -0.4 is 0 Å². The van der Waals surface area contributed by atoms with Crippen molar-refractivity contribution in [1.29, 1.82) is 0 Å². The minimum absolute atomic E-state index is 0.578. The number of hydrogen-bond donors (Lipinski definition) is 1. The molecule has 0 bridgehead atoms. The molecule has 0 fully saturated rings. The molecular weight excluding hydrogens is 212 g/mol. The molecule has 0 amide bonds. The molecule has 0 unspecified atom stereocenters. The molecular formula is C15H28O2. The van der Waals surface area contributed by atoms with Gasteiger partial charge in [-0.2, -0.15) is 0 Å². The van der Waals surface area contributed by atoms with Crippen LogP contribution in [0.15, 0.2) is 11.1 Å². The molecule has 0 aliphatic carbocycles. The van der Waals surface area contributed by atoms with Gasteiger partial charge in [-0.25, -0.2) is 4.79 Å². The third kappa shape index (κ3) is 8.00. The van der Waals surface area contributed by atoms with Gasteiger partial charge < -0.3 is 5.11 Å². The molecule has 0 aliphatic rings. The highest BCUT2D eigenvalue weighted by molar-refractivity contribution is 5.86. The summed E-state index contributed by atoms with van der Waals surface area (Å²) in [5, 5.41) is 9.03. The van der Waals surface area contributed by atoms with Gasteiger partial charge in [0.2, 0.25) is 0 Å². The van der Waals surface area contributed by atoms with Crippen LogP contribution >= 0.6 is 0 Å². The number of aliphatic carboxylic acids is 1. The normalized spacial score (nSPS) is 12.4. The molecule has 0 heterocycles. The Morgan fingerprint density at radius 1 is 0.882 bits per heavy atom. The fraction of sp³-hybridized carbons (Fsp3) is 0.800. The Hall–Kier alpha value is -0.790. The SMILES string of the molecule is CCCCCCCC(CCCC)=C(C)C(=O)O. The Labute approximate surface area is 106 Å². The molecule has 2 nitrogen and oxygen atoms in total. The van der Waals surface area contributed by atoms with Gasteiger partial charge >= 0.3 is 5.97 Å². The third-order valence-corrected chi connectivity index (χ3v) is 3.27. The first-order valence-corrected chi connectivity index (χ1v) is 7.05. The Bertz CT molecular complexity index is 241. The van der Waals surface area contributed by atoms with E-state index < -0.39 is 5.97 Å². The maximum Gasteiger partial charge on any atom is 0.331 e. The summed E-state index contributed by atoms with van der Waals surface area (Å²) in [6, 6.07) is 0. The van der Waals surface area contributed by atoms with Gasteiger partial charge in [-0.05, 0) is 32.6 Å². The number of rotatable bonds is 10. The van der Waals surface area contributed by atoms with Crippen LogP contribution in [-0.4, -0.2) is 11.1 Å². The smallest absolute Gasteiger partial charge is 0.331 e. The zero-order chi connectivity index (χ0) is 13.1. The first-order valence-electron chi connectivity index (χ1n) is 7.05. The molecule has 1 N–H and O–H groups in total. The van der Waals surface area contributed by atoms with Crippen LogP contribution in [0.1, 0.15) is 78.6 Å². The maximum atomic E-state index is 11.0. The quantitative estimate of drug-likeness (QED) is 0.434. The third-order valence-electron chi connectivity index (χ3n) is 3.27. The monoisotopic (exact) mass is 240 g/mol. The Morgan fingerprint density at radius 3 is 1.94 bits per heavy atom. The standard InChI is InChI=1S/C15H28O2/c1-4-6-8-9-10-12-14(11-7-5-2)13(3)15(16)17/h4-12H2,1-3H3,(H,16,17). The second kappa shape index (κ2) is 10.4. The Morgan fingerprint density at radius 2 is 1.41 bits per heavy atom. The number of carboxylic acids is 1. The van der Waals surface area contributed by atoms with Crippen LogP contribution in [-0.2, 0) is 4.79 Å². The molecule has 0 saturated carbocycles. The molecule has 0 aromatic carbocycles. The average Bonchev–Trinajstić information content (AvgIpc) is 2.31. The van der Waals surface area contributed by atoms with E-state index in [9.17, 15) is 4.79 Å². The van der Waals surface area contributed by atoms with Crippen molar-refractivity contribution in [2.24, 2.45) is 0 Å². The molecule has 0 spiro atoms. The zero-order valence-electron chi connectivity index (χ0n) is 11.7. The van der Waals surface area contributed by atoms with E-state index in [1.54, 1.807) is 6.92 Å². The van der Waals surface area contributed by atoms with E-state index in [1.807, 2.05) is 0 Å². The molecule has 0 aromatic heterocycles. The summed E-state index contributed by atoms with van der Waals surface area (Å²) in [5.41, 5.74) is 1.74. The zero-order valence-corrected chi connectivity index (χ0v) is 11.7. The van der Waals surface area contributed by atoms with Crippen molar-refractivity contribution in [2.75, 3.05) is 0 Å². The van der Waals surface area contributed by atoms with Crippen molar-refractivity contribution in [3.63, 3.8) is 0 Å². The van der Waals surface area contributed by atoms with Crippen LogP contribution in [0, 0.1) is 0 Å². The number of unbranched alkanes of at least 4 members (excludes halogenated alkanes) is 5. The molecule has 0 aliphatic heterocycles. The van der Waals surface area contributed by atoms with Gasteiger partial charge in [0.1, 0.15) is 0 Å². The van der Waals surface area contributed by atoms with Crippen molar-refractivity contribution < 1.29 is 9.90 Å². The van der Waals surface area contributed by atoms with E-state index in [-0.39, 0.29) is 0 Å². The van der Waals surface area contributed by atoms with Crippen molar-refractivity contribution >= 4 is 5.97 Å². The van der Waals surface area contributed by atoms with E-state index in [1.165, 1.54) is 25.7 Å². The number of carboxylic acid groups (broad SMARTS) is 1. The first kappa shape index (κ1) is 16.2. The predicted molar refractivity (Wildman–Crippen MR) is 73.2 cm³/mol. The van der Waals surface area contributed by atoms with Gasteiger partial charge in [-0.3, -0.25) is 0 Å². The summed E-state index contributed by atoms with van der Waals surface area (Å²) in [4.78, 5) is 11.0. The Balaban J connectivity index is 4.11. The topological polar surface area (TPSA) is 37.3 Å². The van der Waals surface area contributed by atoms with Gasteiger partial charge in [0.25, 0.3) is 0 Å². The predicted octanol–water partition coefficient (Wildman–Crippen LogP) is 4.94. The van der Waals surface area contributed by atoms with Gasteiger partial charge in [0.15, 0.2) is 0 Å². The van der Waals surface area contributed by atoms with Gasteiger partial charge in [0.05, 0.1) is 0 Å². The maximum absolute atomic E-state index is 11.0. The van der Waals surface area contributed by atoms with Gasteiger partial charge in [-0.1, -0.05) is 51.5 Å². The van der Waals surface area contributed by atoms with Crippen LogP contribution in [0.25, 0.3) is 0 Å². The van der Waals surface area contributed by atoms with E-state index in [0.29, 0.717) is 5.57 Å². The molecule has 0 radical (unpaired) electrons. The second-order valence-corrected chi connectivity index (χ2v) is 4.80. The fourth-order valence-corrected chi connectivity index (χ4v) is 1.98. The summed E-state index contributed by atoms with van der Waals surface area (Å²) in [6.07, 6.45) is 10.4. The highest BCUT2D eigenvalue weighted by Gasteiger charge is 2.08. The average molecular weight is 240 g/mol. The van der Waals surface area contributed by atoms with E-state index >= 15 is 0 Å². The van der Waals surface area contributed by atoms with E-state index in [0.717, 1.165) is 37.7 Å². The van der Waals surface area contributed by atoms with Crippen molar-refractivity contribution in [1.82, 2.24) is 0 Å². The van der Waals surface area contributed by atoms with Gasteiger partial charge in [0, 0.05) is 5.57 Å². The van der Waals surface area contributed by atoms with Crippen molar-refractivity contribution in [2.45, 2.75) is 78.6 Å². The van der Waals surface area contributed by atoms with Crippen molar-refractivity contribution in [3.8, 4) is 0 Å². The lowest BCUT2D eigenvalue weighted by Crippen LogP contribution is -2.02. The van der Waals surface area contributed by atoms with E-state index in [4.69, 9.17) is 5.11 Å².